The third kappa shape index (κ3) is 23.1. The van der Waals surface area contributed by atoms with Crippen LogP contribution in [0.4, 0.5) is 0 Å². The molecule has 5 aromatic carbocycles. The molecule has 110 heavy (non-hydrogen) atoms. The number of hydrogen-bond donors (Lipinski definition) is 4. The van der Waals surface area contributed by atoms with Crippen LogP contribution in [0.25, 0.3) is 44.1 Å². The van der Waals surface area contributed by atoms with Gasteiger partial charge in [0, 0.05) is 113 Å². The second-order valence-corrected chi connectivity index (χ2v) is 32.0. The number of nitrogens with one attached hydrogen (secondary N) is 2. The molecule has 8 heterocycles. The summed E-state index contributed by atoms with van der Waals surface area (Å²) in [5.41, 5.74) is 13.2. The molecule has 12 aromatic rings. The lowest BCUT2D eigenvalue weighted by molar-refractivity contribution is -0.00128. The van der Waals surface area contributed by atoms with Crippen molar-refractivity contribution < 1.29 is 33.4 Å². The molecule has 566 valence electrons. The number of terminal acetylenes is 1. The molecular weight excluding hydrogens is 1440 g/mol. The lowest BCUT2D eigenvalue weighted by Crippen LogP contribution is -2.51. The van der Waals surface area contributed by atoms with Crippen molar-refractivity contribution in [3.05, 3.63) is 323 Å². The minimum Gasteiger partial charge on any atom is -0.465 e. The minimum atomic E-state index is -1.39. The fourth-order valence-electron chi connectivity index (χ4n) is 11.2. The number of hydrogen-bond acceptors (Lipinski definition) is 15. The first-order valence-corrected chi connectivity index (χ1v) is 36.3. The first-order valence-electron chi connectivity index (χ1n) is 35.5. The molecular formula is C92H97BrN8O9. The molecule has 1 atom stereocenters. The summed E-state index contributed by atoms with van der Waals surface area (Å²) in [4.78, 5) is 81.9. The van der Waals surface area contributed by atoms with E-state index in [0.717, 1.165) is 44.3 Å². The van der Waals surface area contributed by atoms with Crippen LogP contribution in [0.2, 0.25) is 0 Å². The Hall–Kier alpha value is -11.8. The second-order valence-electron chi connectivity index (χ2n) is 31.2. The maximum Gasteiger partial charge on any atom is 0.344 e. The van der Waals surface area contributed by atoms with Gasteiger partial charge in [0.2, 0.25) is 0 Å². The highest BCUT2D eigenvalue weighted by molar-refractivity contribution is 9.10. The number of H-pyrrole nitrogens is 1. The maximum absolute atomic E-state index is 12.2. The van der Waals surface area contributed by atoms with E-state index >= 15 is 0 Å². The van der Waals surface area contributed by atoms with E-state index in [4.69, 9.17) is 15.6 Å². The zero-order chi connectivity index (χ0) is 79.7. The van der Waals surface area contributed by atoms with Crippen molar-refractivity contribution >= 4 is 55.3 Å². The normalized spacial score (nSPS) is 12.9. The van der Waals surface area contributed by atoms with Gasteiger partial charge in [0.15, 0.2) is 5.72 Å². The Morgan fingerprint density at radius 2 is 0.918 bits per heavy atom. The summed E-state index contributed by atoms with van der Waals surface area (Å²) in [6, 6.07) is 52.6. The Balaban J connectivity index is 0.000000186. The van der Waals surface area contributed by atoms with Gasteiger partial charge < -0.3 is 35.4 Å². The van der Waals surface area contributed by atoms with Crippen LogP contribution < -0.4 is 22.7 Å². The number of aromatic amines is 1. The Bertz CT molecular complexity index is 5250. The number of benzene rings is 5. The van der Waals surface area contributed by atoms with Crippen LogP contribution in [-0.2, 0) is 48.7 Å². The van der Waals surface area contributed by atoms with E-state index in [1.54, 1.807) is 86.1 Å². The number of aromatic nitrogens is 6. The Morgan fingerprint density at radius 3 is 1.42 bits per heavy atom. The van der Waals surface area contributed by atoms with E-state index in [1.165, 1.54) is 48.2 Å². The second kappa shape index (κ2) is 36.9. The summed E-state index contributed by atoms with van der Waals surface area (Å²) in [5.74, 6) is 8.19. The van der Waals surface area contributed by atoms with E-state index < -0.39 is 11.7 Å². The summed E-state index contributed by atoms with van der Waals surface area (Å²) >= 11 is 3.17. The van der Waals surface area contributed by atoms with Crippen LogP contribution in [0, 0.1) is 24.2 Å². The van der Waals surface area contributed by atoms with Crippen LogP contribution in [0.5, 0.6) is 0 Å². The van der Waals surface area contributed by atoms with Gasteiger partial charge in [-0.1, -0.05) is 219 Å². The van der Waals surface area contributed by atoms with Gasteiger partial charge >= 0.3 is 17.6 Å². The smallest absolute Gasteiger partial charge is 0.344 e. The summed E-state index contributed by atoms with van der Waals surface area (Å²) in [6.07, 6.45) is 21.6. The van der Waals surface area contributed by atoms with Crippen LogP contribution in [0.15, 0.2) is 244 Å². The van der Waals surface area contributed by atoms with Crippen molar-refractivity contribution in [1.29, 1.82) is 0 Å². The number of methoxy groups -OCH3 is 2. The molecule has 0 spiro atoms. The lowest BCUT2D eigenvalue weighted by Gasteiger charge is -2.34. The van der Waals surface area contributed by atoms with Gasteiger partial charge in [0.25, 0.3) is 11.5 Å². The maximum atomic E-state index is 12.2. The van der Waals surface area contributed by atoms with Crippen molar-refractivity contribution in [2.24, 2.45) is 0 Å². The highest BCUT2D eigenvalue weighted by Gasteiger charge is 2.38. The van der Waals surface area contributed by atoms with Crippen LogP contribution in [0.3, 0.4) is 0 Å². The Labute approximate surface area is 653 Å². The number of rotatable bonds is 5. The average molecular weight is 1540 g/mol. The summed E-state index contributed by atoms with van der Waals surface area (Å²) in [6.45, 7) is 32.6. The molecule has 0 bridgehead atoms. The molecule has 0 saturated carbocycles. The standard InChI is InChI=1S/C19H19NO2.C18H20N2O2.C18H18N2O.C18H17NO2.C12H14.C7H6BrNO2.H3N/c1-19(2,3)16-9-6-14(7-10-16)5-8-15-13-20-12-11-17(15)18(21)22-4;1-17(2,3)13-4-6-14(7-5-13)18(22)10-12-11-19-9-8-15(12)16(21)20-18;1-18(2,3)14-6-4-12(5-7-14)16-10-13-11-19-9-8-15(13)17(21)20-16;1-18(2,3)14-6-4-12(5-7-14)16-10-13-11-19-9-8-15(13)17(20)21-16;1-5-10-6-8-11(9-7-10)12(2,3)4;1-11-7(10)5-2-3-9-4-6(5)8;/h6-7,9-13H,1-4H3;4-9,11,22H,10H2,1-3H3,(H,20,21);4-11H,1-3H3,(H,20,21);4-11H,1-3H3;1,6-9H,2-4H3;2-4H,1H3;1H3. The van der Waals surface area contributed by atoms with Crippen molar-refractivity contribution in [1.82, 2.24) is 41.4 Å². The van der Waals surface area contributed by atoms with Gasteiger partial charge in [-0.2, -0.15) is 0 Å². The Kier molecular flexibility index (Phi) is 28.6. The number of ether oxygens (including phenoxy) is 2. The van der Waals surface area contributed by atoms with Gasteiger partial charge in [0.05, 0.1) is 46.2 Å². The number of halogens is 1. The van der Waals surface area contributed by atoms with Crippen LogP contribution >= 0.6 is 15.9 Å². The monoisotopic (exact) mass is 1540 g/mol. The van der Waals surface area contributed by atoms with Gasteiger partial charge in [-0.05, 0) is 149 Å². The highest BCUT2D eigenvalue weighted by Crippen LogP contribution is 2.33. The molecule has 0 radical (unpaired) electrons. The quantitative estimate of drug-likeness (QED) is 0.0922. The van der Waals surface area contributed by atoms with Gasteiger partial charge in [-0.15, -0.1) is 6.42 Å². The molecule has 7 aromatic heterocycles. The molecule has 13 rings (SSSR count). The summed E-state index contributed by atoms with van der Waals surface area (Å²) in [7, 11) is 2.69. The third-order valence-corrected chi connectivity index (χ3v) is 18.5. The number of amides is 1. The number of carbonyl (C=O) groups is 3. The number of carbonyl (C=O) groups excluding carboxylic acids is 3. The van der Waals surface area contributed by atoms with E-state index in [0.29, 0.717) is 55.2 Å². The number of esters is 2. The third-order valence-electron chi connectivity index (χ3n) is 17.9. The van der Waals surface area contributed by atoms with E-state index in [1.807, 2.05) is 84.9 Å². The van der Waals surface area contributed by atoms with Crippen molar-refractivity contribution in [3.8, 4) is 46.8 Å². The molecule has 1 aliphatic heterocycles. The number of pyridine rings is 6. The summed E-state index contributed by atoms with van der Waals surface area (Å²) in [5, 5.41) is 16.5. The molecule has 18 heteroatoms. The number of aliphatic hydroxyl groups is 1. The van der Waals surface area contributed by atoms with E-state index in [-0.39, 0.29) is 56.3 Å². The minimum absolute atomic E-state index is 0. The largest absolute Gasteiger partial charge is 0.465 e. The van der Waals surface area contributed by atoms with Gasteiger partial charge in [0.1, 0.15) is 5.76 Å². The Morgan fingerprint density at radius 1 is 0.500 bits per heavy atom. The summed E-state index contributed by atoms with van der Waals surface area (Å²) < 4.78 is 15.3. The average Bonchev–Trinajstić information content (AvgIpc) is 0.769. The molecule has 0 fully saturated rings. The van der Waals surface area contributed by atoms with Crippen molar-refractivity contribution in [3.63, 3.8) is 0 Å². The highest BCUT2D eigenvalue weighted by atomic mass is 79.9. The molecule has 17 nitrogen and oxygen atoms in total. The lowest BCUT2D eigenvalue weighted by atomic mass is 9.84. The topological polar surface area (TPSA) is 264 Å². The fraction of sp³-hybridized carbons (Fsp3) is 0.261. The predicted octanol–water partition coefficient (Wildman–Crippen LogP) is 18.9. The molecule has 1 aliphatic rings. The van der Waals surface area contributed by atoms with Crippen molar-refractivity contribution in [2.75, 3.05) is 14.2 Å². The molecule has 0 saturated heterocycles. The van der Waals surface area contributed by atoms with Crippen LogP contribution in [-0.4, -0.2) is 67.1 Å². The zero-order valence-electron chi connectivity index (χ0n) is 65.7. The van der Waals surface area contributed by atoms with Crippen molar-refractivity contribution in [2.45, 2.75) is 143 Å². The van der Waals surface area contributed by atoms with Gasteiger partial charge in [-0.25, -0.2) is 14.4 Å². The van der Waals surface area contributed by atoms with E-state index in [2.05, 4.69) is 226 Å². The first kappa shape index (κ1) is 85.4. The fourth-order valence-corrected chi connectivity index (χ4v) is 11.6. The number of nitrogens with zero attached hydrogens (tertiary/aromatic N) is 5. The molecule has 1 unspecified atom stereocenters. The SMILES string of the molecule is C#Cc1ccc(C(C)(C)C)cc1.CC(C)(C)c1ccc(-c2cc3cnccc3c(=O)[nH]2)cc1.CC(C)(C)c1ccc(-c2cc3cnccc3c(=O)o2)cc1.CC(C)(C)c1ccc(C2(O)Cc3cnccc3C(=O)N2)cc1.COC(=O)c1ccncc1Br.COC(=O)c1ccncc1C#Cc1ccc(C(C)(C)C)cc1.N. The first-order chi connectivity index (χ1) is 51.4. The molecule has 0 aliphatic carbocycles. The number of fused-ring (bicyclic) bond motifs is 3. The van der Waals surface area contributed by atoms with Crippen LogP contribution in [0.1, 0.15) is 191 Å². The molecule has 6 N–H and O–H groups in total. The molecule has 1 amide bonds. The van der Waals surface area contributed by atoms with Gasteiger partial charge in [-0.3, -0.25) is 34.5 Å². The zero-order valence-corrected chi connectivity index (χ0v) is 67.3. The predicted molar refractivity (Wildman–Crippen MR) is 443 cm³/mol. The van der Waals surface area contributed by atoms with E-state index in [9.17, 15) is 29.1 Å².